The summed E-state index contributed by atoms with van der Waals surface area (Å²) < 4.78 is 1.50. The van der Waals surface area contributed by atoms with Crippen molar-refractivity contribution in [1.82, 2.24) is 0 Å². The van der Waals surface area contributed by atoms with Gasteiger partial charge < -0.3 is 5.53 Å². The second kappa shape index (κ2) is 19.4. The summed E-state index contributed by atoms with van der Waals surface area (Å²) in [6, 6.07) is 17.7. The van der Waals surface area contributed by atoms with E-state index < -0.39 is 0 Å². The van der Waals surface area contributed by atoms with Crippen LogP contribution in [0, 0.1) is 0 Å². The molecule has 42 heavy (non-hydrogen) atoms. The van der Waals surface area contributed by atoms with Crippen LogP contribution in [0.4, 0.5) is 0 Å². The Balaban J connectivity index is 1.79. The lowest BCUT2D eigenvalue weighted by molar-refractivity contribution is -0.345. The highest BCUT2D eigenvalue weighted by Crippen LogP contribution is 2.42. The standard InChI is InChI=1S/C40H58N2/c1-5-9-12-13-14-15-16-17-18-19-20-21-30-38-37(8-4)39(35-28-22-26-33(31-35)24-10-6-2)42(41)40(38)36-29-23-27-34(32-36)25-11-7-3/h21-23,26-32H,5-20,24-25H2,1-4H3. The monoisotopic (exact) mass is 566 g/mol. The maximum absolute atomic E-state index is 11.8. The zero-order valence-corrected chi connectivity index (χ0v) is 27.4. The number of nitrogens with zero attached hydrogens (tertiary/aromatic N) is 2. The molecule has 228 valence electrons. The minimum Gasteiger partial charge on any atom is -0.493 e. The molecule has 2 heteroatoms. The lowest BCUT2D eigenvalue weighted by Gasteiger charge is -2.11. The van der Waals surface area contributed by atoms with Crippen LogP contribution in [0.5, 0.6) is 0 Å². The van der Waals surface area contributed by atoms with Crippen molar-refractivity contribution in [3.8, 4) is 0 Å². The average Bonchev–Trinajstić information content (AvgIpc) is 3.30. The number of benzene rings is 2. The molecule has 0 saturated heterocycles. The summed E-state index contributed by atoms with van der Waals surface area (Å²) in [4.78, 5) is 0. The highest BCUT2D eigenvalue weighted by Gasteiger charge is 2.34. The summed E-state index contributed by atoms with van der Waals surface area (Å²) in [5.74, 6) is 0. The van der Waals surface area contributed by atoms with Gasteiger partial charge >= 0.3 is 0 Å². The van der Waals surface area contributed by atoms with Crippen molar-refractivity contribution in [3.63, 3.8) is 0 Å². The Morgan fingerprint density at radius 2 is 1.10 bits per heavy atom. The van der Waals surface area contributed by atoms with E-state index in [0.717, 1.165) is 48.2 Å². The fraction of sp³-hybridized carbons (Fsp3) is 0.550. The number of rotatable bonds is 21. The van der Waals surface area contributed by atoms with Gasteiger partial charge in [0, 0.05) is 16.7 Å². The Morgan fingerprint density at radius 3 is 1.62 bits per heavy atom. The first-order valence-corrected chi connectivity index (χ1v) is 17.5. The van der Waals surface area contributed by atoms with E-state index >= 15 is 0 Å². The molecule has 0 aromatic heterocycles. The number of allylic oxidation sites excluding steroid dienone is 4. The van der Waals surface area contributed by atoms with Crippen molar-refractivity contribution in [2.24, 2.45) is 0 Å². The second-order valence-corrected chi connectivity index (χ2v) is 12.2. The first kappa shape index (κ1) is 33.8. The Bertz CT molecular complexity index is 1200. The summed E-state index contributed by atoms with van der Waals surface area (Å²) in [5.41, 5.74) is 21.0. The molecule has 0 spiro atoms. The first-order chi connectivity index (χ1) is 20.6. The van der Waals surface area contributed by atoms with Crippen LogP contribution in [0.25, 0.3) is 16.9 Å². The molecule has 1 aliphatic rings. The van der Waals surface area contributed by atoms with Gasteiger partial charge in [-0.15, -0.1) is 0 Å². The predicted molar refractivity (Wildman–Crippen MR) is 183 cm³/mol. The van der Waals surface area contributed by atoms with Gasteiger partial charge in [0.25, 0.3) is 0 Å². The van der Waals surface area contributed by atoms with E-state index in [1.165, 1.54) is 117 Å². The van der Waals surface area contributed by atoms with Crippen LogP contribution in [-0.2, 0) is 12.8 Å². The lowest BCUT2D eigenvalue weighted by Crippen LogP contribution is -2.03. The van der Waals surface area contributed by atoms with Crippen molar-refractivity contribution < 1.29 is 4.70 Å². The van der Waals surface area contributed by atoms with Crippen LogP contribution < -0.4 is 0 Å². The molecular weight excluding hydrogens is 508 g/mol. The molecule has 2 nitrogen and oxygen atoms in total. The molecule has 0 atom stereocenters. The van der Waals surface area contributed by atoms with Gasteiger partial charge in [-0.05, 0) is 80.3 Å². The van der Waals surface area contributed by atoms with Crippen LogP contribution in [-0.4, -0.2) is 4.70 Å². The van der Waals surface area contributed by atoms with Gasteiger partial charge in [0.2, 0.25) is 11.4 Å². The van der Waals surface area contributed by atoms with E-state index in [1.54, 1.807) is 0 Å². The Labute approximate surface area is 258 Å². The Kier molecular flexibility index (Phi) is 15.6. The third kappa shape index (κ3) is 10.2. The topological polar surface area (TPSA) is 25.3 Å². The summed E-state index contributed by atoms with van der Waals surface area (Å²) in [7, 11) is 0. The number of aryl methyl sites for hydroxylation is 2. The number of hydrogen-bond donors (Lipinski definition) is 0. The van der Waals surface area contributed by atoms with Crippen molar-refractivity contribution in [1.29, 1.82) is 0 Å². The van der Waals surface area contributed by atoms with Crippen LogP contribution in [0.1, 0.15) is 153 Å². The SMILES string of the molecule is CCCCCCCCCCCCC=CC1=C(c2cccc(CCCC)c2)[N+](=[N-])C(c2cccc(CCCC)c2)=C1CC. The van der Waals surface area contributed by atoms with Crippen molar-refractivity contribution >= 4 is 11.4 Å². The highest BCUT2D eigenvalue weighted by molar-refractivity contribution is 5.84. The molecule has 0 bridgehead atoms. The maximum Gasteiger partial charge on any atom is 0.215 e. The van der Waals surface area contributed by atoms with Crippen LogP contribution in [0.15, 0.2) is 71.8 Å². The van der Waals surface area contributed by atoms with Crippen molar-refractivity contribution in [3.05, 3.63) is 99.6 Å². The van der Waals surface area contributed by atoms with E-state index in [9.17, 15) is 5.53 Å². The minimum atomic E-state index is 0.878. The van der Waals surface area contributed by atoms with Crippen LogP contribution in [0.3, 0.4) is 0 Å². The third-order valence-electron chi connectivity index (χ3n) is 8.69. The molecule has 2 aromatic rings. The van der Waals surface area contributed by atoms with E-state index in [-0.39, 0.29) is 0 Å². The molecule has 0 fully saturated rings. The molecule has 0 aliphatic carbocycles. The smallest absolute Gasteiger partial charge is 0.215 e. The summed E-state index contributed by atoms with van der Waals surface area (Å²) in [6.45, 7) is 9.00. The Hall–Kier alpha value is -2.74. The molecule has 0 N–H and O–H groups in total. The molecular formula is C40H58N2. The molecule has 0 unspecified atom stereocenters. The van der Waals surface area contributed by atoms with Gasteiger partial charge in [0.15, 0.2) is 0 Å². The quantitative estimate of drug-likeness (QED) is 0.106. The fourth-order valence-corrected chi connectivity index (χ4v) is 6.20. The summed E-state index contributed by atoms with van der Waals surface area (Å²) in [6.07, 6.45) is 27.2. The normalized spacial score (nSPS) is 13.8. The molecule has 1 aliphatic heterocycles. The van der Waals surface area contributed by atoms with Gasteiger partial charge in [-0.25, -0.2) is 4.70 Å². The van der Waals surface area contributed by atoms with Gasteiger partial charge in [0.05, 0.1) is 5.57 Å². The minimum absolute atomic E-state index is 0.878. The van der Waals surface area contributed by atoms with Gasteiger partial charge in [-0.1, -0.05) is 135 Å². The highest BCUT2D eigenvalue weighted by atomic mass is 15.2. The van der Waals surface area contributed by atoms with E-state index in [4.69, 9.17) is 0 Å². The van der Waals surface area contributed by atoms with E-state index in [1.807, 2.05) is 0 Å². The van der Waals surface area contributed by atoms with Crippen molar-refractivity contribution in [2.75, 3.05) is 0 Å². The summed E-state index contributed by atoms with van der Waals surface area (Å²) in [5, 5.41) is 0. The largest absolute Gasteiger partial charge is 0.493 e. The predicted octanol–water partition coefficient (Wildman–Crippen LogP) is 12.8. The van der Waals surface area contributed by atoms with Gasteiger partial charge in [-0.2, -0.15) is 0 Å². The van der Waals surface area contributed by atoms with Gasteiger partial charge in [-0.3, -0.25) is 0 Å². The molecule has 0 saturated carbocycles. The molecule has 2 aromatic carbocycles. The summed E-state index contributed by atoms with van der Waals surface area (Å²) >= 11 is 0. The number of unbranched alkanes of at least 4 members (excludes halogenated alkanes) is 12. The van der Waals surface area contributed by atoms with Gasteiger partial charge in [0.1, 0.15) is 0 Å². The zero-order valence-electron chi connectivity index (χ0n) is 27.4. The van der Waals surface area contributed by atoms with Crippen LogP contribution >= 0.6 is 0 Å². The third-order valence-corrected chi connectivity index (χ3v) is 8.69. The first-order valence-electron chi connectivity index (χ1n) is 17.5. The molecule has 1 heterocycles. The number of hydrogen-bond acceptors (Lipinski definition) is 0. The fourth-order valence-electron chi connectivity index (χ4n) is 6.20. The lowest BCUT2D eigenvalue weighted by atomic mass is 9.95. The average molecular weight is 567 g/mol. The maximum atomic E-state index is 11.8. The molecule has 3 rings (SSSR count). The van der Waals surface area contributed by atoms with Crippen LogP contribution in [0.2, 0.25) is 0 Å². The van der Waals surface area contributed by atoms with E-state index in [0.29, 0.717) is 0 Å². The molecule has 0 amide bonds. The van der Waals surface area contributed by atoms with Crippen molar-refractivity contribution in [2.45, 2.75) is 143 Å². The van der Waals surface area contributed by atoms with E-state index in [2.05, 4.69) is 88.4 Å². The zero-order chi connectivity index (χ0) is 30.0. The Morgan fingerprint density at radius 1 is 0.595 bits per heavy atom. The molecule has 0 radical (unpaired) electrons. The second-order valence-electron chi connectivity index (χ2n) is 12.2.